The summed E-state index contributed by atoms with van der Waals surface area (Å²) >= 11 is 0. The number of nitrogens with one attached hydrogen (secondary N) is 1. The molecule has 1 aromatic rings. The molecule has 1 aliphatic heterocycles. The first-order valence-corrected chi connectivity index (χ1v) is 9.70. The Morgan fingerprint density at radius 2 is 1.78 bits per heavy atom. The summed E-state index contributed by atoms with van der Waals surface area (Å²) in [4.78, 5) is 38.1. The fourth-order valence-electron chi connectivity index (χ4n) is 4.41. The van der Waals surface area contributed by atoms with E-state index in [4.69, 9.17) is 0 Å². The molecule has 3 rings (SSSR count). The maximum atomic E-state index is 12.5. The van der Waals surface area contributed by atoms with Crippen LogP contribution in [-0.4, -0.2) is 47.4 Å². The summed E-state index contributed by atoms with van der Waals surface area (Å²) in [6, 6.07) is 9.69. The molecule has 27 heavy (non-hydrogen) atoms. The average Bonchev–Trinajstić information content (AvgIpc) is 3.13. The highest BCUT2D eigenvalue weighted by Crippen LogP contribution is 2.45. The third kappa shape index (κ3) is 4.15. The largest absolute Gasteiger partial charge is 0.481 e. The number of aliphatic carboxylic acids is 1. The summed E-state index contributed by atoms with van der Waals surface area (Å²) in [7, 11) is 0. The van der Waals surface area contributed by atoms with Gasteiger partial charge in [0.05, 0.1) is 18.3 Å². The lowest BCUT2D eigenvalue weighted by atomic mass is 9.57. The van der Waals surface area contributed by atoms with Crippen LogP contribution in [0.4, 0.5) is 0 Å². The van der Waals surface area contributed by atoms with Crippen LogP contribution in [0.25, 0.3) is 0 Å². The van der Waals surface area contributed by atoms with E-state index in [1.165, 1.54) is 0 Å². The Labute approximate surface area is 159 Å². The quantitative estimate of drug-likeness (QED) is 0.797. The van der Waals surface area contributed by atoms with Gasteiger partial charge in [0, 0.05) is 19.6 Å². The van der Waals surface area contributed by atoms with E-state index in [0.717, 1.165) is 12.0 Å². The van der Waals surface area contributed by atoms with Gasteiger partial charge >= 0.3 is 5.97 Å². The molecule has 2 fully saturated rings. The van der Waals surface area contributed by atoms with Crippen LogP contribution in [0.1, 0.15) is 25.8 Å². The molecule has 1 heterocycles. The number of rotatable bonds is 6. The van der Waals surface area contributed by atoms with Crippen molar-refractivity contribution < 1.29 is 19.5 Å². The standard InChI is InChI=1S/C21H28N2O4/c1-13-14(2)19(21(26)27)18(13)20(25)22-11-16-8-9-23(12-16)17(24)10-15-6-4-3-5-7-15/h3-7,13-14,16,18-19H,8-12H2,1-2H3,(H,22,25)(H,26,27)/t13?,14?,16?,18-,19+/m0/s1. The van der Waals surface area contributed by atoms with Crippen molar-refractivity contribution >= 4 is 17.8 Å². The monoisotopic (exact) mass is 372 g/mol. The van der Waals surface area contributed by atoms with E-state index in [1.54, 1.807) is 0 Å². The minimum absolute atomic E-state index is 0.0239. The molecule has 6 nitrogen and oxygen atoms in total. The number of likely N-dealkylation sites (tertiary alicyclic amines) is 1. The van der Waals surface area contributed by atoms with E-state index < -0.39 is 17.8 Å². The van der Waals surface area contributed by atoms with Crippen LogP contribution in [0, 0.1) is 29.6 Å². The Kier molecular flexibility index (Phi) is 5.82. The molecule has 6 heteroatoms. The zero-order valence-corrected chi connectivity index (χ0v) is 15.9. The molecule has 146 valence electrons. The van der Waals surface area contributed by atoms with Crippen molar-refractivity contribution in [3.8, 4) is 0 Å². The van der Waals surface area contributed by atoms with Gasteiger partial charge in [0.2, 0.25) is 11.8 Å². The molecular weight excluding hydrogens is 344 g/mol. The summed E-state index contributed by atoms with van der Waals surface area (Å²) in [6.45, 7) is 5.68. The van der Waals surface area contributed by atoms with Gasteiger partial charge in [0.15, 0.2) is 0 Å². The van der Waals surface area contributed by atoms with E-state index in [2.05, 4.69) is 5.32 Å². The number of carbonyl (C=O) groups excluding carboxylic acids is 2. The minimum Gasteiger partial charge on any atom is -0.481 e. The van der Waals surface area contributed by atoms with Gasteiger partial charge in [-0.05, 0) is 29.7 Å². The second-order valence-corrected chi connectivity index (χ2v) is 8.01. The van der Waals surface area contributed by atoms with Crippen LogP contribution in [0.5, 0.6) is 0 Å². The van der Waals surface area contributed by atoms with Gasteiger partial charge in [-0.2, -0.15) is 0 Å². The second kappa shape index (κ2) is 8.11. The molecule has 2 N–H and O–H groups in total. The molecular formula is C21H28N2O4. The third-order valence-electron chi connectivity index (χ3n) is 6.34. The number of carboxylic acids is 1. The van der Waals surface area contributed by atoms with Gasteiger partial charge in [-0.25, -0.2) is 0 Å². The predicted molar refractivity (Wildman–Crippen MR) is 101 cm³/mol. The fourth-order valence-corrected chi connectivity index (χ4v) is 4.41. The van der Waals surface area contributed by atoms with Crippen molar-refractivity contribution in [3.05, 3.63) is 35.9 Å². The SMILES string of the molecule is CC1C(C)[C@H](C(=O)NCC2CCN(C(=O)Cc3ccccc3)C2)[C@@H]1C(=O)O. The Balaban J connectivity index is 1.45. The van der Waals surface area contributed by atoms with Crippen molar-refractivity contribution in [2.75, 3.05) is 19.6 Å². The Hall–Kier alpha value is -2.37. The highest BCUT2D eigenvalue weighted by atomic mass is 16.4. The molecule has 3 unspecified atom stereocenters. The summed E-state index contributed by atoms with van der Waals surface area (Å²) < 4.78 is 0. The first kappa shape index (κ1) is 19.4. The lowest BCUT2D eigenvalue weighted by Gasteiger charge is -2.45. The van der Waals surface area contributed by atoms with Crippen LogP contribution in [0.3, 0.4) is 0 Å². The Bertz CT molecular complexity index is 705. The molecule has 2 aliphatic rings. The van der Waals surface area contributed by atoms with Gasteiger partial charge in [-0.3, -0.25) is 14.4 Å². The summed E-state index contributed by atoms with van der Waals surface area (Å²) in [5.41, 5.74) is 1.01. The number of hydrogen-bond donors (Lipinski definition) is 2. The molecule has 0 aromatic heterocycles. The lowest BCUT2D eigenvalue weighted by Crippen LogP contribution is -2.55. The van der Waals surface area contributed by atoms with Crippen molar-refractivity contribution in [2.45, 2.75) is 26.7 Å². The maximum absolute atomic E-state index is 12.5. The van der Waals surface area contributed by atoms with E-state index in [9.17, 15) is 19.5 Å². The zero-order chi connectivity index (χ0) is 19.6. The third-order valence-corrected chi connectivity index (χ3v) is 6.34. The van der Waals surface area contributed by atoms with E-state index in [-0.39, 0.29) is 29.6 Å². The van der Waals surface area contributed by atoms with Gasteiger partial charge in [0.1, 0.15) is 0 Å². The summed E-state index contributed by atoms with van der Waals surface area (Å²) in [5, 5.41) is 12.2. The number of amides is 2. The molecule has 0 radical (unpaired) electrons. The van der Waals surface area contributed by atoms with E-state index >= 15 is 0 Å². The molecule has 1 aromatic carbocycles. The van der Waals surface area contributed by atoms with Crippen LogP contribution < -0.4 is 5.32 Å². The molecule has 5 atom stereocenters. The smallest absolute Gasteiger partial charge is 0.307 e. The second-order valence-electron chi connectivity index (χ2n) is 8.01. The number of carbonyl (C=O) groups is 3. The summed E-state index contributed by atoms with van der Waals surface area (Å²) in [6.07, 6.45) is 1.26. The fraction of sp³-hybridized carbons (Fsp3) is 0.571. The molecule has 0 bridgehead atoms. The number of benzene rings is 1. The van der Waals surface area contributed by atoms with Gasteiger partial charge in [-0.15, -0.1) is 0 Å². The normalized spacial score (nSPS) is 29.9. The average molecular weight is 372 g/mol. The van der Waals surface area contributed by atoms with Crippen molar-refractivity contribution in [1.29, 1.82) is 0 Å². The van der Waals surface area contributed by atoms with E-state index in [0.29, 0.717) is 26.1 Å². The van der Waals surface area contributed by atoms with Crippen molar-refractivity contribution in [2.24, 2.45) is 29.6 Å². The molecule has 2 amide bonds. The van der Waals surface area contributed by atoms with Crippen LogP contribution >= 0.6 is 0 Å². The van der Waals surface area contributed by atoms with Gasteiger partial charge in [0.25, 0.3) is 0 Å². The topological polar surface area (TPSA) is 86.7 Å². The van der Waals surface area contributed by atoms with Gasteiger partial charge in [-0.1, -0.05) is 44.2 Å². The molecule has 1 saturated carbocycles. The van der Waals surface area contributed by atoms with Crippen LogP contribution in [0.2, 0.25) is 0 Å². The zero-order valence-electron chi connectivity index (χ0n) is 15.9. The van der Waals surface area contributed by atoms with Crippen molar-refractivity contribution in [3.63, 3.8) is 0 Å². The summed E-state index contributed by atoms with van der Waals surface area (Å²) in [5.74, 6) is -1.65. The van der Waals surface area contributed by atoms with Crippen molar-refractivity contribution in [1.82, 2.24) is 10.2 Å². The lowest BCUT2D eigenvalue weighted by molar-refractivity contribution is -0.164. The first-order chi connectivity index (χ1) is 12.9. The number of nitrogens with zero attached hydrogens (tertiary/aromatic N) is 1. The van der Waals surface area contributed by atoms with Crippen LogP contribution in [-0.2, 0) is 20.8 Å². The van der Waals surface area contributed by atoms with Gasteiger partial charge < -0.3 is 15.3 Å². The Morgan fingerprint density at radius 1 is 1.11 bits per heavy atom. The molecule has 1 aliphatic carbocycles. The van der Waals surface area contributed by atoms with Crippen LogP contribution in [0.15, 0.2) is 30.3 Å². The van der Waals surface area contributed by atoms with E-state index in [1.807, 2.05) is 49.1 Å². The highest BCUT2D eigenvalue weighted by Gasteiger charge is 2.53. The molecule has 1 saturated heterocycles. The first-order valence-electron chi connectivity index (χ1n) is 9.70. The Morgan fingerprint density at radius 3 is 2.44 bits per heavy atom. The minimum atomic E-state index is -0.890. The predicted octanol–water partition coefficient (Wildman–Crippen LogP) is 1.80. The maximum Gasteiger partial charge on any atom is 0.307 e. The number of hydrogen-bond acceptors (Lipinski definition) is 3. The molecule has 0 spiro atoms. The number of carboxylic acid groups (broad SMARTS) is 1. The highest BCUT2D eigenvalue weighted by molar-refractivity contribution is 5.87.